The first-order chi connectivity index (χ1) is 19.7. The smallest absolute Gasteiger partial charge is 0.432 e. The van der Waals surface area contributed by atoms with E-state index in [2.05, 4.69) is 0 Å². The van der Waals surface area contributed by atoms with Crippen molar-refractivity contribution in [2.45, 2.75) is 56.4 Å². The molecule has 0 aliphatic rings. The molecule has 0 amide bonds. The van der Waals surface area contributed by atoms with Crippen LogP contribution in [0.15, 0.2) is 72.8 Å². The fraction of sp³-hybridized carbons (Fsp3) is 0.406. The van der Waals surface area contributed by atoms with Crippen LogP contribution in [0.4, 0.5) is 13.2 Å². The monoisotopic (exact) mass is 574 g/mol. The van der Waals surface area contributed by atoms with E-state index in [1.165, 1.54) is 38.5 Å². The lowest BCUT2D eigenvalue weighted by atomic mass is 9.92. The quantitative estimate of drug-likeness (QED) is 0.143. The van der Waals surface area contributed by atoms with E-state index in [0.717, 1.165) is 36.8 Å². The standard InChI is InChI=1S/C32H37F3O6/c1-37-26-18-14-23(15-19-26)10-8-9-13-27(20-16-24-17-21-28(38-2)29(22-24)39-3)41-30(36)31(40-4,32(33,34)35)25-11-6-5-7-12-25/h5-7,11-12,14-15,17-19,21-22,27H,8-10,13,16,20H2,1-4H3/t27-,31+/m0/s1. The van der Waals surface area contributed by atoms with E-state index in [1.54, 1.807) is 25.3 Å². The Hall–Kier alpha value is -3.72. The van der Waals surface area contributed by atoms with E-state index in [0.29, 0.717) is 37.2 Å². The number of hydrogen-bond acceptors (Lipinski definition) is 6. The van der Waals surface area contributed by atoms with E-state index >= 15 is 0 Å². The van der Waals surface area contributed by atoms with Crippen LogP contribution >= 0.6 is 0 Å². The Morgan fingerprint density at radius 2 is 1.39 bits per heavy atom. The summed E-state index contributed by atoms with van der Waals surface area (Å²) in [6.45, 7) is 0. The summed E-state index contributed by atoms with van der Waals surface area (Å²) in [6.07, 6.45) is -2.47. The molecule has 3 aromatic carbocycles. The maximum atomic E-state index is 14.5. The molecule has 6 nitrogen and oxygen atoms in total. The van der Waals surface area contributed by atoms with E-state index in [-0.39, 0.29) is 5.56 Å². The number of hydrogen-bond donors (Lipinski definition) is 0. The van der Waals surface area contributed by atoms with Crippen molar-refractivity contribution in [3.63, 3.8) is 0 Å². The molecule has 0 radical (unpaired) electrons. The number of methoxy groups -OCH3 is 4. The molecule has 0 unspecified atom stereocenters. The number of alkyl halides is 3. The van der Waals surface area contributed by atoms with Crippen molar-refractivity contribution < 1.29 is 41.7 Å². The molecular weight excluding hydrogens is 537 g/mol. The topological polar surface area (TPSA) is 63.2 Å². The molecule has 0 saturated carbocycles. The number of ether oxygens (including phenoxy) is 5. The van der Waals surface area contributed by atoms with Gasteiger partial charge in [-0.2, -0.15) is 13.2 Å². The maximum absolute atomic E-state index is 14.5. The summed E-state index contributed by atoms with van der Waals surface area (Å²) in [5, 5.41) is 0. The van der Waals surface area contributed by atoms with E-state index < -0.39 is 23.9 Å². The summed E-state index contributed by atoms with van der Waals surface area (Å²) in [6, 6.07) is 20.0. The number of halogens is 3. The summed E-state index contributed by atoms with van der Waals surface area (Å²) in [5.74, 6) is 0.389. The normalized spacial score (nSPS) is 13.6. The van der Waals surface area contributed by atoms with Crippen molar-refractivity contribution in [1.29, 1.82) is 0 Å². The van der Waals surface area contributed by atoms with Crippen LogP contribution in [0.5, 0.6) is 17.2 Å². The molecule has 41 heavy (non-hydrogen) atoms. The molecule has 0 heterocycles. The van der Waals surface area contributed by atoms with Crippen LogP contribution in [-0.2, 0) is 32.7 Å². The Morgan fingerprint density at radius 1 is 0.732 bits per heavy atom. The fourth-order valence-electron chi connectivity index (χ4n) is 4.74. The second kappa shape index (κ2) is 14.8. The SMILES string of the molecule is COc1ccc(CCCC[C@@H](CCc2ccc(OC)c(OC)c2)OC(=O)[C@](OC)(c2ccccc2)C(F)(F)F)cc1. The minimum absolute atomic E-state index is 0.316. The second-order valence-corrected chi connectivity index (χ2v) is 9.60. The molecule has 0 aliphatic carbocycles. The number of carbonyl (C=O) groups is 1. The largest absolute Gasteiger partial charge is 0.497 e. The first-order valence-electron chi connectivity index (χ1n) is 13.4. The lowest BCUT2D eigenvalue weighted by Crippen LogP contribution is -2.52. The third-order valence-corrected chi connectivity index (χ3v) is 7.05. The van der Waals surface area contributed by atoms with Crippen LogP contribution in [-0.4, -0.2) is 46.7 Å². The Balaban J connectivity index is 1.78. The van der Waals surface area contributed by atoms with Gasteiger partial charge < -0.3 is 23.7 Å². The summed E-state index contributed by atoms with van der Waals surface area (Å²) >= 11 is 0. The number of benzene rings is 3. The highest BCUT2D eigenvalue weighted by Crippen LogP contribution is 2.43. The van der Waals surface area contributed by atoms with Gasteiger partial charge in [0.25, 0.3) is 5.60 Å². The molecule has 0 N–H and O–H groups in total. The van der Waals surface area contributed by atoms with Crippen LogP contribution < -0.4 is 14.2 Å². The van der Waals surface area contributed by atoms with Crippen molar-refractivity contribution in [3.8, 4) is 17.2 Å². The molecule has 3 aromatic rings. The third kappa shape index (κ3) is 7.94. The Kier molecular flexibility index (Phi) is 11.5. The Morgan fingerprint density at radius 3 is 1.98 bits per heavy atom. The maximum Gasteiger partial charge on any atom is 0.432 e. The second-order valence-electron chi connectivity index (χ2n) is 9.60. The van der Waals surface area contributed by atoms with E-state index in [4.69, 9.17) is 23.7 Å². The molecule has 2 atom stereocenters. The molecule has 0 spiro atoms. The average Bonchev–Trinajstić information content (AvgIpc) is 2.98. The highest BCUT2D eigenvalue weighted by atomic mass is 19.4. The molecule has 9 heteroatoms. The molecule has 0 saturated heterocycles. The van der Waals surface area contributed by atoms with Gasteiger partial charge in [0.2, 0.25) is 0 Å². The summed E-state index contributed by atoms with van der Waals surface area (Å²) in [7, 11) is 5.54. The molecule has 222 valence electrons. The highest BCUT2D eigenvalue weighted by Gasteiger charge is 2.64. The molecular formula is C32H37F3O6. The average molecular weight is 575 g/mol. The van der Waals surface area contributed by atoms with Gasteiger partial charge in [-0.3, -0.25) is 0 Å². The molecule has 0 aliphatic heterocycles. The van der Waals surface area contributed by atoms with Gasteiger partial charge in [-0.25, -0.2) is 4.79 Å². The number of aryl methyl sites for hydroxylation is 2. The Bertz CT molecular complexity index is 1230. The van der Waals surface area contributed by atoms with Gasteiger partial charge in [0.05, 0.1) is 21.3 Å². The number of carbonyl (C=O) groups excluding carboxylic acids is 1. The van der Waals surface area contributed by atoms with Crippen LogP contribution in [0, 0.1) is 0 Å². The van der Waals surface area contributed by atoms with Gasteiger partial charge >= 0.3 is 12.1 Å². The summed E-state index contributed by atoms with van der Waals surface area (Å²) in [4.78, 5) is 13.3. The molecule has 0 fully saturated rings. The zero-order valence-corrected chi connectivity index (χ0v) is 23.8. The fourth-order valence-corrected chi connectivity index (χ4v) is 4.74. The van der Waals surface area contributed by atoms with E-state index in [9.17, 15) is 18.0 Å². The predicted molar refractivity (Wildman–Crippen MR) is 149 cm³/mol. The lowest BCUT2D eigenvalue weighted by molar-refractivity contribution is -0.278. The zero-order chi connectivity index (χ0) is 29.9. The van der Waals surface area contributed by atoms with Crippen molar-refractivity contribution in [2.75, 3.05) is 28.4 Å². The van der Waals surface area contributed by atoms with Gasteiger partial charge in [0, 0.05) is 12.7 Å². The molecule has 0 aromatic heterocycles. The highest BCUT2D eigenvalue weighted by molar-refractivity contribution is 5.82. The van der Waals surface area contributed by atoms with Gasteiger partial charge in [-0.1, -0.05) is 48.5 Å². The van der Waals surface area contributed by atoms with E-state index in [1.807, 2.05) is 30.3 Å². The van der Waals surface area contributed by atoms with Crippen LogP contribution in [0.1, 0.15) is 42.4 Å². The first-order valence-corrected chi connectivity index (χ1v) is 13.4. The van der Waals surface area contributed by atoms with Crippen molar-refractivity contribution in [2.24, 2.45) is 0 Å². The first kappa shape index (κ1) is 31.8. The summed E-state index contributed by atoms with van der Waals surface area (Å²) in [5.41, 5.74) is -1.58. The molecule has 0 bridgehead atoms. The number of esters is 1. The van der Waals surface area contributed by atoms with Gasteiger partial charge in [-0.05, 0) is 73.9 Å². The van der Waals surface area contributed by atoms with Crippen molar-refractivity contribution in [3.05, 3.63) is 89.5 Å². The van der Waals surface area contributed by atoms with Crippen molar-refractivity contribution >= 4 is 5.97 Å². The van der Waals surface area contributed by atoms with Crippen LogP contribution in [0.2, 0.25) is 0 Å². The predicted octanol–water partition coefficient (Wildman–Crippen LogP) is 7.07. The number of unbranched alkanes of at least 4 members (excludes halogenated alkanes) is 1. The third-order valence-electron chi connectivity index (χ3n) is 7.05. The van der Waals surface area contributed by atoms with Gasteiger partial charge in [-0.15, -0.1) is 0 Å². The van der Waals surface area contributed by atoms with Gasteiger partial charge in [0.15, 0.2) is 11.5 Å². The van der Waals surface area contributed by atoms with Crippen molar-refractivity contribution in [1.82, 2.24) is 0 Å². The lowest BCUT2D eigenvalue weighted by Gasteiger charge is -2.34. The number of rotatable bonds is 15. The van der Waals surface area contributed by atoms with Crippen LogP contribution in [0.3, 0.4) is 0 Å². The van der Waals surface area contributed by atoms with Crippen LogP contribution in [0.25, 0.3) is 0 Å². The van der Waals surface area contributed by atoms with Gasteiger partial charge in [0.1, 0.15) is 11.9 Å². The Labute approximate surface area is 239 Å². The molecule has 3 rings (SSSR count). The minimum Gasteiger partial charge on any atom is -0.497 e. The summed E-state index contributed by atoms with van der Waals surface area (Å²) < 4.78 is 69.8. The zero-order valence-electron chi connectivity index (χ0n) is 23.8. The minimum atomic E-state index is -5.04.